The highest BCUT2D eigenvalue weighted by atomic mass is 16.5. The number of methoxy groups -OCH3 is 1. The molecule has 0 saturated heterocycles. The Kier molecular flexibility index (Phi) is 15.4. The van der Waals surface area contributed by atoms with Gasteiger partial charge in [0.05, 0.1) is 19.8 Å². The lowest BCUT2D eigenvalue weighted by molar-refractivity contribution is -0.137. The summed E-state index contributed by atoms with van der Waals surface area (Å²) in [5, 5.41) is 0. The van der Waals surface area contributed by atoms with Crippen LogP contribution in [0.1, 0.15) is 103 Å². The van der Waals surface area contributed by atoms with E-state index in [9.17, 15) is 4.79 Å². The molecule has 31 heavy (non-hydrogen) atoms. The summed E-state index contributed by atoms with van der Waals surface area (Å²) in [6.07, 6.45) is 17.5. The molecule has 0 spiro atoms. The van der Waals surface area contributed by atoms with Gasteiger partial charge in [-0.2, -0.15) is 0 Å². The molecular weight excluding hydrogens is 388 g/mol. The van der Waals surface area contributed by atoms with Crippen molar-refractivity contribution in [1.29, 1.82) is 0 Å². The Morgan fingerprint density at radius 3 is 2.29 bits per heavy atom. The van der Waals surface area contributed by atoms with Gasteiger partial charge in [0.1, 0.15) is 11.5 Å². The Bertz CT molecular complexity index is 624. The average molecular weight is 433 g/mol. The number of hydrogen-bond donors (Lipinski definition) is 0. The van der Waals surface area contributed by atoms with Crippen LogP contribution in [-0.4, -0.2) is 25.8 Å². The maximum Gasteiger partial charge on any atom is 0.330 e. The number of ether oxygens (including phenoxy) is 3. The monoisotopic (exact) mass is 432 g/mol. The molecule has 1 atom stereocenters. The second kappa shape index (κ2) is 17.7. The van der Waals surface area contributed by atoms with E-state index in [0.717, 1.165) is 37.0 Å². The minimum absolute atomic E-state index is 0.222. The van der Waals surface area contributed by atoms with Crippen LogP contribution in [0.2, 0.25) is 0 Å². The van der Waals surface area contributed by atoms with E-state index < -0.39 is 0 Å². The number of carbonyl (C=O) groups is 1. The Morgan fingerprint density at radius 1 is 0.935 bits per heavy atom. The topological polar surface area (TPSA) is 44.8 Å². The molecule has 4 nitrogen and oxygen atoms in total. The molecule has 0 aromatic heterocycles. The molecule has 1 rings (SSSR count). The second-order valence-electron chi connectivity index (χ2n) is 8.17. The number of carbonyl (C=O) groups excluding carboxylic acids is 1. The average Bonchev–Trinajstić information content (AvgIpc) is 2.79. The Balaban J connectivity index is 2.49. The molecule has 4 heteroatoms. The van der Waals surface area contributed by atoms with Crippen molar-refractivity contribution in [2.24, 2.45) is 0 Å². The van der Waals surface area contributed by atoms with Gasteiger partial charge in [-0.15, -0.1) is 0 Å². The first-order valence-electron chi connectivity index (χ1n) is 12.3. The van der Waals surface area contributed by atoms with E-state index >= 15 is 0 Å². The highest BCUT2D eigenvalue weighted by molar-refractivity contribution is 5.87. The van der Waals surface area contributed by atoms with Gasteiger partial charge in [0.2, 0.25) is 0 Å². The van der Waals surface area contributed by atoms with Gasteiger partial charge >= 0.3 is 5.97 Å². The van der Waals surface area contributed by atoms with Gasteiger partial charge in [-0.05, 0) is 43.9 Å². The van der Waals surface area contributed by atoms with Crippen LogP contribution in [0.3, 0.4) is 0 Å². The predicted octanol–water partition coefficient (Wildman–Crippen LogP) is 7.74. The quantitative estimate of drug-likeness (QED) is 0.135. The molecule has 1 aromatic rings. The molecule has 0 aliphatic rings. The highest BCUT2D eigenvalue weighted by Crippen LogP contribution is 2.27. The zero-order chi connectivity index (χ0) is 22.7. The molecule has 176 valence electrons. The molecule has 0 heterocycles. The summed E-state index contributed by atoms with van der Waals surface area (Å²) < 4.78 is 17.0. The maximum absolute atomic E-state index is 12.0. The van der Waals surface area contributed by atoms with Crippen LogP contribution >= 0.6 is 0 Å². The third kappa shape index (κ3) is 12.5. The summed E-state index contributed by atoms with van der Waals surface area (Å²) in [6.45, 7) is 7.08. The van der Waals surface area contributed by atoms with Gasteiger partial charge < -0.3 is 14.2 Å². The minimum Gasteiger partial charge on any atom is -0.496 e. The first kappa shape index (κ1) is 27.1. The van der Waals surface area contributed by atoms with Crippen molar-refractivity contribution in [3.8, 4) is 11.5 Å². The zero-order valence-electron chi connectivity index (χ0n) is 20.3. The smallest absolute Gasteiger partial charge is 0.330 e. The van der Waals surface area contributed by atoms with E-state index in [0.29, 0.717) is 12.4 Å². The molecule has 0 fully saturated rings. The van der Waals surface area contributed by atoms with Crippen LogP contribution < -0.4 is 9.47 Å². The SMILES string of the molecule is CCCCCCCCOC(=O)/C=C/c1ccc(OC(CC)CCCCCC)cc1OC. The molecule has 0 saturated carbocycles. The Labute approximate surface area is 190 Å². The molecule has 0 aliphatic carbocycles. The predicted molar refractivity (Wildman–Crippen MR) is 130 cm³/mol. The Hall–Kier alpha value is -1.97. The van der Waals surface area contributed by atoms with E-state index in [1.165, 1.54) is 57.4 Å². The van der Waals surface area contributed by atoms with Crippen molar-refractivity contribution in [2.45, 2.75) is 104 Å². The summed E-state index contributed by atoms with van der Waals surface area (Å²) in [5.74, 6) is 1.19. The number of benzene rings is 1. The van der Waals surface area contributed by atoms with Crippen molar-refractivity contribution >= 4 is 12.0 Å². The summed E-state index contributed by atoms with van der Waals surface area (Å²) >= 11 is 0. The van der Waals surface area contributed by atoms with Crippen LogP contribution in [0.5, 0.6) is 11.5 Å². The molecule has 1 unspecified atom stereocenters. The fourth-order valence-corrected chi connectivity index (χ4v) is 3.50. The molecule has 0 radical (unpaired) electrons. The maximum atomic E-state index is 12.0. The van der Waals surface area contributed by atoms with Crippen LogP contribution in [-0.2, 0) is 9.53 Å². The van der Waals surface area contributed by atoms with Gasteiger partial charge in [-0.3, -0.25) is 0 Å². The van der Waals surface area contributed by atoms with Crippen LogP contribution in [0.4, 0.5) is 0 Å². The Morgan fingerprint density at radius 2 is 1.61 bits per heavy atom. The lowest BCUT2D eigenvalue weighted by Crippen LogP contribution is -2.15. The van der Waals surface area contributed by atoms with Crippen molar-refractivity contribution in [2.75, 3.05) is 13.7 Å². The van der Waals surface area contributed by atoms with E-state index in [1.54, 1.807) is 13.2 Å². The molecule has 0 N–H and O–H groups in total. The number of rotatable bonds is 18. The van der Waals surface area contributed by atoms with E-state index in [1.807, 2.05) is 18.2 Å². The largest absolute Gasteiger partial charge is 0.496 e. The van der Waals surface area contributed by atoms with Crippen LogP contribution in [0.25, 0.3) is 6.08 Å². The number of esters is 1. The first-order chi connectivity index (χ1) is 15.1. The standard InChI is InChI=1S/C27H44O4/c1-5-8-10-12-13-15-21-30-27(28)20-18-23-17-19-25(22-26(23)29-4)31-24(7-3)16-14-11-9-6-2/h17-20,22,24H,5-16,21H2,1-4H3/b20-18+. The van der Waals surface area contributed by atoms with Gasteiger partial charge in [-0.1, -0.05) is 72.1 Å². The fourth-order valence-electron chi connectivity index (χ4n) is 3.50. The minimum atomic E-state index is -0.311. The van der Waals surface area contributed by atoms with Crippen LogP contribution in [0.15, 0.2) is 24.3 Å². The number of unbranched alkanes of at least 4 members (excludes halogenated alkanes) is 8. The fraction of sp³-hybridized carbons (Fsp3) is 0.667. The summed E-state index contributed by atoms with van der Waals surface area (Å²) in [4.78, 5) is 12.0. The summed E-state index contributed by atoms with van der Waals surface area (Å²) in [7, 11) is 1.63. The lowest BCUT2D eigenvalue weighted by Gasteiger charge is -2.18. The first-order valence-corrected chi connectivity index (χ1v) is 12.3. The summed E-state index contributed by atoms with van der Waals surface area (Å²) in [5.41, 5.74) is 0.836. The van der Waals surface area contributed by atoms with Gasteiger partial charge in [0.25, 0.3) is 0 Å². The molecular formula is C27H44O4. The molecule has 0 amide bonds. The highest BCUT2D eigenvalue weighted by Gasteiger charge is 2.10. The van der Waals surface area contributed by atoms with E-state index in [2.05, 4.69) is 20.8 Å². The normalized spacial score (nSPS) is 12.1. The van der Waals surface area contributed by atoms with Crippen molar-refractivity contribution < 1.29 is 19.0 Å². The third-order valence-corrected chi connectivity index (χ3v) is 5.48. The zero-order valence-corrected chi connectivity index (χ0v) is 20.3. The van der Waals surface area contributed by atoms with Crippen molar-refractivity contribution in [3.63, 3.8) is 0 Å². The van der Waals surface area contributed by atoms with Gasteiger partial charge in [0, 0.05) is 17.7 Å². The van der Waals surface area contributed by atoms with Crippen molar-refractivity contribution in [3.05, 3.63) is 29.8 Å². The molecule has 0 bridgehead atoms. The van der Waals surface area contributed by atoms with E-state index in [4.69, 9.17) is 14.2 Å². The lowest BCUT2D eigenvalue weighted by atomic mass is 10.1. The van der Waals surface area contributed by atoms with Crippen LogP contribution in [0, 0.1) is 0 Å². The van der Waals surface area contributed by atoms with Gasteiger partial charge in [-0.25, -0.2) is 4.79 Å². The van der Waals surface area contributed by atoms with E-state index in [-0.39, 0.29) is 12.1 Å². The molecule has 0 aliphatic heterocycles. The molecule has 1 aromatic carbocycles. The third-order valence-electron chi connectivity index (χ3n) is 5.48. The number of hydrogen-bond acceptors (Lipinski definition) is 4. The summed E-state index contributed by atoms with van der Waals surface area (Å²) in [6, 6.07) is 5.77. The second-order valence-corrected chi connectivity index (χ2v) is 8.17. The van der Waals surface area contributed by atoms with Crippen molar-refractivity contribution in [1.82, 2.24) is 0 Å². The van der Waals surface area contributed by atoms with Gasteiger partial charge in [0.15, 0.2) is 0 Å².